The van der Waals surface area contributed by atoms with Crippen LogP contribution in [0.2, 0.25) is 0 Å². The van der Waals surface area contributed by atoms with E-state index >= 15 is 0 Å². The Morgan fingerprint density at radius 3 is 2.58 bits per heavy atom. The maximum Gasteiger partial charge on any atom is 0.241 e. The summed E-state index contributed by atoms with van der Waals surface area (Å²) in [5.74, 6) is 0.910. The van der Waals surface area contributed by atoms with Crippen molar-refractivity contribution in [1.82, 2.24) is 4.90 Å². The smallest absolute Gasteiger partial charge is 0.241 e. The molecule has 0 radical (unpaired) electrons. The number of piperazine rings is 1. The number of aryl methyl sites for hydroxylation is 1. The molecule has 1 aliphatic heterocycles. The largest absolute Gasteiger partial charge is 0.492 e. The zero-order valence-electron chi connectivity index (χ0n) is 15.6. The van der Waals surface area contributed by atoms with Gasteiger partial charge in [-0.05, 0) is 43.7 Å². The predicted molar refractivity (Wildman–Crippen MR) is 106 cm³/mol. The molecule has 1 heterocycles. The van der Waals surface area contributed by atoms with Gasteiger partial charge in [-0.2, -0.15) is 0 Å². The predicted octanol–water partition coefficient (Wildman–Crippen LogP) is 3.15. The van der Waals surface area contributed by atoms with E-state index in [1.165, 1.54) is 11.3 Å². The Kier molecular flexibility index (Phi) is 6.00. The van der Waals surface area contributed by atoms with Crippen molar-refractivity contribution in [2.75, 3.05) is 49.5 Å². The van der Waals surface area contributed by atoms with E-state index in [9.17, 15) is 4.79 Å². The Morgan fingerprint density at radius 2 is 1.85 bits per heavy atom. The number of anilines is 2. The molecule has 0 aliphatic carbocycles. The SMILES string of the molecule is CCOc1ccccc1NCC(=O)N1CCN(c2cccc(C)c2)CC1. The van der Waals surface area contributed by atoms with Crippen molar-refractivity contribution < 1.29 is 9.53 Å². The van der Waals surface area contributed by atoms with Crippen LogP contribution in [0.1, 0.15) is 12.5 Å². The number of para-hydroxylation sites is 2. The molecule has 1 fully saturated rings. The molecule has 1 N–H and O–H groups in total. The molecular formula is C21H27N3O2. The first-order valence-electron chi connectivity index (χ1n) is 9.22. The summed E-state index contributed by atoms with van der Waals surface area (Å²) >= 11 is 0. The fourth-order valence-electron chi connectivity index (χ4n) is 3.22. The molecule has 26 heavy (non-hydrogen) atoms. The van der Waals surface area contributed by atoms with E-state index < -0.39 is 0 Å². The minimum atomic E-state index is 0.125. The Hall–Kier alpha value is -2.69. The maximum absolute atomic E-state index is 12.5. The van der Waals surface area contributed by atoms with Gasteiger partial charge in [0.2, 0.25) is 5.91 Å². The topological polar surface area (TPSA) is 44.8 Å². The highest BCUT2D eigenvalue weighted by atomic mass is 16.5. The number of hydrogen-bond acceptors (Lipinski definition) is 4. The van der Waals surface area contributed by atoms with Crippen LogP contribution in [0.15, 0.2) is 48.5 Å². The van der Waals surface area contributed by atoms with Crippen LogP contribution in [0.3, 0.4) is 0 Å². The van der Waals surface area contributed by atoms with E-state index in [1.807, 2.05) is 36.1 Å². The van der Waals surface area contributed by atoms with Crippen LogP contribution < -0.4 is 15.0 Å². The van der Waals surface area contributed by atoms with Crippen molar-refractivity contribution in [2.24, 2.45) is 0 Å². The summed E-state index contributed by atoms with van der Waals surface area (Å²) in [6.07, 6.45) is 0. The van der Waals surface area contributed by atoms with Gasteiger partial charge in [0.15, 0.2) is 0 Å². The first kappa shape index (κ1) is 18.1. The molecule has 1 saturated heterocycles. The normalized spacial score (nSPS) is 14.2. The lowest BCUT2D eigenvalue weighted by atomic mass is 10.2. The Balaban J connectivity index is 1.51. The molecule has 1 amide bonds. The number of rotatable bonds is 6. The highest BCUT2D eigenvalue weighted by Crippen LogP contribution is 2.23. The third-order valence-corrected chi connectivity index (χ3v) is 4.62. The van der Waals surface area contributed by atoms with Crippen molar-refractivity contribution in [3.05, 3.63) is 54.1 Å². The fourth-order valence-corrected chi connectivity index (χ4v) is 3.22. The van der Waals surface area contributed by atoms with Crippen LogP contribution in [0.5, 0.6) is 5.75 Å². The van der Waals surface area contributed by atoms with E-state index in [0.717, 1.165) is 37.6 Å². The van der Waals surface area contributed by atoms with Gasteiger partial charge in [0.05, 0.1) is 18.8 Å². The monoisotopic (exact) mass is 353 g/mol. The number of benzene rings is 2. The minimum Gasteiger partial charge on any atom is -0.492 e. The second-order valence-electron chi connectivity index (χ2n) is 6.49. The van der Waals surface area contributed by atoms with Crippen LogP contribution in [-0.2, 0) is 4.79 Å². The fraction of sp³-hybridized carbons (Fsp3) is 0.381. The standard InChI is InChI=1S/C21H27N3O2/c1-3-26-20-10-5-4-9-19(20)22-16-21(25)24-13-11-23(12-14-24)18-8-6-7-17(2)15-18/h4-10,15,22H,3,11-14,16H2,1-2H3. The van der Waals surface area contributed by atoms with Gasteiger partial charge >= 0.3 is 0 Å². The molecular weight excluding hydrogens is 326 g/mol. The summed E-state index contributed by atoms with van der Waals surface area (Å²) in [4.78, 5) is 16.8. The third-order valence-electron chi connectivity index (χ3n) is 4.62. The van der Waals surface area contributed by atoms with Crippen LogP contribution in [0, 0.1) is 6.92 Å². The van der Waals surface area contributed by atoms with Gasteiger partial charge in [-0.15, -0.1) is 0 Å². The Morgan fingerprint density at radius 1 is 1.08 bits per heavy atom. The van der Waals surface area contributed by atoms with E-state index in [1.54, 1.807) is 0 Å². The molecule has 5 nitrogen and oxygen atoms in total. The average Bonchev–Trinajstić information content (AvgIpc) is 2.67. The maximum atomic E-state index is 12.5. The van der Waals surface area contributed by atoms with Crippen LogP contribution >= 0.6 is 0 Å². The van der Waals surface area contributed by atoms with Crippen molar-refractivity contribution in [2.45, 2.75) is 13.8 Å². The first-order valence-corrected chi connectivity index (χ1v) is 9.22. The van der Waals surface area contributed by atoms with Crippen LogP contribution in [-0.4, -0.2) is 50.1 Å². The highest BCUT2D eigenvalue weighted by Gasteiger charge is 2.21. The number of amides is 1. The summed E-state index contributed by atoms with van der Waals surface area (Å²) < 4.78 is 5.59. The lowest BCUT2D eigenvalue weighted by Gasteiger charge is -2.36. The van der Waals surface area contributed by atoms with Crippen molar-refractivity contribution in [3.8, 4) is 5.75 Å². The van der Waals surface area contributed by atoms with E-state index in [-0.39, 0.29) is 12.5 Å². The van der Waals surface area contributed by atoms with Crippen LogP contribution in [0.25, 0.3) is 0 Å². The zero-order valence-corrected chi connectivity index (χ0v) is 15.6. The van der Waals surface area contributed by atoms with Crippen LogP contribution in [0.4, 0.5) is 11.4 Å². The van der Waals surface area contributed by atoms with Gasteiger partial charge in [-0.3, -0.25) is 4.79 Å². The molecule has 5 heteroatoms. The molecule has 2 aromatic rings. The summed E-state index contributed by atoms with van der Waals surface area (Å²) in [5, 5.41) is 3.22. The van der Waals surface area contributed by atoms with Gasteiger partial charge in [-0.25, -0.2) is 0 Å². The third kappa shape index (κ3) is 4.48. The molecule has 138 valence electrons. The molecule has 3 rings (SSSR count). The van der Waals surface area contributed by atoms with Crippen molar-refractivity contribution in [1.29, 1.82) is 0 Å². The second-order valence-corrected chi connectivity index (χ2v) is 6.49. The molecule has 0 aromatic heterocycles. The number of carbonyl (C=O) groups excluding carboxylic acids is 1. The number of nitrogens with one attached hydrogen (secondary N) is 1. The number of nitrogens with zero attached hydrogens (tertiary/aromatic N) is 2. The van der Waals surface area contributed by atoms with Gasteiger partial charge in [0, 0.05) is 31.9 Å². The first-order chi connectivity index (χ1) is 12.7. The highest BCUT2D eigenvalue weighted by molar-refractivity contribution is 5.81. The number of hydrogen-bond donors (Lipinski definition) is 1. The van der Waals surface area contributed by atoms with Gasteiger partial charge in [0.1, 0.15) is 5.75 Å². The minimum absolute atomic E-state index is 0.125. The molecule has 0 atom stereocenters. The number of ether oxygens (including phenoxy) is 1. The van der Waals surface area contributed by atoms with Gasteiger partial charge in [0.25, 0.3) is 0 Å². The molecule has 0 saturated carbocycles. The lowest BCUT2D eigenvalue weighted by Crippen LogP contribution is -2.50. The summed E-state index contributed by atoms with van der Waals surface area (Å²) in [7, 11) is 0. The Labute approximate surface area is 155 Å². The molecule has 0 bridgehead atoms. The quantitative estimate of drug-likeness (QED) is 0.866. The van der Waals surface area contributed by atoms with Crippen molar-refractivity contribution in [3.63, 3.8) is 0 Å². The van der Waals surface area contributed by atoms with E-state index in [2.05, 4.69) is 41.4 Å². The molecule has 0 spiro atoms. The van der Waals surface area contributed by atoms with Crippen molar-refractivity contribution >= 4 is 17.3 Å². The van der Waals surface area contributed by atoms with Gasteiger partial charge in [-0.1, -0.05) is 24.3 Å². The van der Waals surface area contributed by atoms with E-state index in [0.29, 0.717) is 6.61 Å². The summed E-state index contributed by atoms with van der Waals surface area (Å²) in [5.41, 5.74) is 3.36. The molecule has 2 aromatic carbocycles. The summed E-state index contributed by atoms with van der Waals surface area (Å²) in [6, 6.07) is 16.3. The second kappa shape index (κ2) is 8.61. The van der Waals surface area contributed by atoms with E-state index in [4.69, 9.17) is 4.74 Å². The zero-order chi connectivity index (χ0) is 18.4. The Bertz CT molecular complexity index is 740. The van der Waals surface area contributed by atoms with Gasteiger partial charge < -0.3 is 19.9 Å². The average molecular weight is 353 g/mol. The molecule has 1 aliphatic rings. The number of carbonyl (C=O) groups is 1. The lowest BCUT2D eigenvalue weighted by molar-refractivity contribution is -0.129. The molecule has 0 unspecified atom stereocenters. The summed E-state index contributed by atoms with van der Waals surface area (Å²) in [6.45, 7) is 8.19.